The van der Waals surface area contributed by atoms with Crippen LogP contribution in [-0.4, -0.2) is 45.9 Å². The minimum atomic E-state index is -3.65. The minimum absolute atomic E-state index is 0.0900. The second kappa shape index (κ2) is 9.61. The third-order valence-electron chi connectivity index (χ3n) is 3.23. The topological polar surface area (TPSA) is 98.8 Å². The number of rotatable bonds is 8. The summed E-state index contributed by atoms with van der Waals surface area (Å²) < 4.78 is 35.2. The predicted molar refractivity (Wildman–Crippen MR) is 97.3 cm³/mol. The van der Waals surface area contributed by atoms with Crippen molar-refractivity contribution in [1.29, 1.82) is 0 Å². The Morgan fingerprint density at radius 3 is 2.35 bits per heavy atom. The van der Waals surface area contributed by atoms with E-state index in [0.29, 0.717) is 6.42 Å². The van der Waals surface area contributed by atoms with Crippen molar-refractivity contribution in [2.45, 2.75) is 56.6 Å². The SMILES string of the molecule is [B]NC(=O)OC(CCCC(=O)OC(C)(C)C)CS(=O)(=O)c1ccccc1. The summed E-state index contributed by atoms with van der Waals surface area (Å²) in [5, 5.41) is 1.80. The fraction of sp³-hybridized carbons (Fsp3) is 0.529. The average molecular weight is 381 g/mol. The zero-order chi connectivity index (χ0) is 19.8. The molecular formula is C17H24BNO6S. The van der Waals surface area contributed by atoms with Gasteiger partial charge in [-0.1, -0.05) is 18.2 Å². The highest BCUT2D eigenvalue weighted by Gasteiger charge is 2.24. The molecule has 0 saturated heterocycles. The molecule has 142 valence electrons. The zero-order valence-electron chi connectivity index (χ0n) is 15.2. The van der Waals surface area contributed by atoms with Gasteiger partial charge in [0.15, 0.2) is 9.84 Å². The molecule has 0 aromatic heterocycles. The number of nitrogens with one attached hydrogen (secondary N) is 1. The Balaban J connectivity index is 2.70. The van der Waals surface area contributed by atoms with Gasteiger partial charge in [0.25, 0.3) is 0 Å². The summed E-state index contributed by atoms with van der Waals surface area (Å²) in [5.74, 6) is -0.802. The lowest BCUT2D eigenvalue weighted by atomic mass is 10.1. The number of carbonyl (C=O) groups is 2. The van der Waals surface area contributed by atoms with Crippen LogP contribution < -0.4 is 5.23 Å². The fourth-order valence-electron chi connectivity index (χ4n) is 2.20. The Labute approximate surface area is 155 Å². The number of carbonyl (C=O) groups excluding carboxylic acids is 2. The number of amides is 1. The molecule has 0 fully saturated rings. The second-order valence-electron chi connectivity index (χ2n) is 6.74. The Morgan fingerprint density at radius 1 is 1.19 bits per heavy atom. The Kier molecular flexibility index (Phi) is 8.14. The number of esters is 1. The standard InChI is InChI=1S/C17H24BNO6S/c1-17(2,3)25-15(20)11-7-8-13(24-16(21)19-18)12-26(22,23)14-9-5-4-6-10-14/h4-6,9-10,13H,7-8,11-12H2,1-3H3,(H,19,21). The first-order valence-corrected chi connectivity index (χ1v) is 9.85. The summed E-state index contributed by atoms with van der Waals surface area (Å²) in [6.07, 6.45) is -1.30. The summed E-state index contributed by atoms with van der Waals surface area (Å²) in [5.41, 5.74) is -0.594. The third-order valence-corrected chi connectivity index (χ3v) is 5.03. The van der Waals surface area contributed by atoms with Crippen molar-refractivity contribution in [2.75, 3.05) is 5.75 Å². The number of ether oxygens (including phenoxy) is 2. The molecule has 1 rings (SSSR count). The molecule has 0 aliphatic rings. The quantitative estimate of drug-likeness (QED) is 0.547. The highest BCUT2D eigenvalue weighted by molar-refractivity contribution is 7.91. The van der Waals surface area contributed by atoms with Crippen LogP contribution in [-0.2, 0) is 24.1 Å². The van der Waals surface area contributed by atoms with Gasteiger partial charge in [-0.25, -0.2) is 13.2 Å². The van der Waals surface area contributed by atoms with Crippen molar-refractivity contribution < 1.29 is 27.5 Å². The molecule has 0 saturated carbocycles. The van der Waals surface area contributed by atoms with Gasteiger partial charge in [0.05, 0.1) is 10.6 Å². The van der Waals surface area contributed by atoms with Crippen LogP contribution in [0.25, 0.3) is 0 Å². The van der Waals surface area contributed by atoms with E-state index in [1.807, 2.05) is 0 Å². The van der Waals surface area contributed by atoms with Crippen LogP contribution in [0.1, 0.15) is 40.0 Å². The zero-order valence-corrected chi connectivity index (χ0v) is 16.0. The molecule has 9 heteroatoms. The van der Waals surface area contributed by atoms with E-state index >= 15 is 0 Å². The highest BCUT2D eigenvalue weighted by atomic mass is 32.2. The van der Waals surface area contributed by atoms with Gasteiger partial charge in [-0.15, -0.1) is 0 Å². The molecule has 0 aliphatic heterocycles. The van der Waals surface area contributed by atoms with Crippen molar-refractivity contribution in [3.05, 3.63) is 30.3 Å². The Bertz CT molecular complexity index is 700. The Morgan fingerprint density at radius 2 is 1.81 bits per heavy atom. The van der Waals surface area contributed by atoms with Gasteiger partial charge < -0.3 is 14.7 Å². The summed E-state index contributed by atoms with van der Waals surface area (Å²) >= 11 is 0. The van der Waals surface area contributed by atoms with E-state index in [0.717, 1.165) is 0 Å². The minimum Gasteiger partial charge on any atom is -0.460 e. The maximum Gasteiger partial charge on any atom is 0.394 e. The third kappa shape index (κ3) is 8.38. The van der Waals surface area contributed by atoms with Gasteiger partial charge in [0, 0.05) is 6.42 Å². The van der Waals surface area contributed by atoms with Gasteiger partial charge in [0.2, 0.25) is 7.98 Å². The summed E-state index contributed by atoms with van der Waals surface area (Å²) in [7, 11) is 1.34. The van der Waals surface area contributed by atoms with Gasteiger partial charge in [0.1, 0.15) is 11.7 Å². The average Bonchev–Trinajstić information content (AvgIpc) is 2.53. The number of hydrogen-bond acceptors (Lipinski definition) is 6. The van der Waals surface area contributed by atoms with Gasteiger partial charge in [-0.2, -0.15) is 0 Å². The molecule has 1 aromatic carbocycles. The molecule has 7 nitrogen and oxygen atoms in total. The molecule has 0 spiro atoms. The lowest BCUT2D eigenvalue weighted by Crippen LogP contribution is -2.32. The fourth-order valence-corrected chi connectivity index (χ4v) is 3.69. The van der Waals surface area contributed by atoms with Gasteiger partial charge >= 0.3 is 12.1 Å². The van der Waals surface area contributed by atoms with Crippen molar-refractivity contribution in [3.8, 4) is 0 Å². The van der Waals surface area contributed by atoms with Crippen LogP contribution in [0.15, 0.2) is 35.2 Å². The van der Waals surface area contributed by atoms with E-state index in [1.165, 1.54) is 12.1 Å². The lowest BCUT2D eigenvalue weighted by Gasteiger charge is -2.20. The first kappa shape index (κ1) is 22.0. The smallest absolute Gasteiger partial charge is 0.394 e. The first-order chi connectivity index (χ1) is 12.0. The van der Waals surface area contributed by atoms with Crippen LogP contribution in [0.2, 0.25) is 0 Å². The normalized spacial score (nSPS) is 12.9. The van der Waals surface area contributed by atoms with Crippen LogP contribution >= 0.6 is 0 Å². The molecular weight excluding hydrogens is 357 g/mol. The molecule has 1 unspecified atom stereocenters. The highest BCUT2D eigenvalue weighted by Crippen LogP contribution is 2.17. The molecule has 1 aromatic rings. The van der Waals surface area contributed by atoms with E-state index < -0.39 is 39.4 Å². The molecule has 0 bridgehead atoms. The molecule has 1 N–H and O–H groups in total. The van der Waals surface area contributed by atoms with Gasteiger partial charge in [-0.05, 0) is 45.7 Å². The number of hydrogen-bond donors (Lipinski definition) is 1. The molecule has 0 heterocycles. The van der Waals surface area contributed by atoms with Crippen LogP contribution in [0.4, 0.5) is 4.79 Å². The number of sulfone groups is 1. The van der Waals surface area contributed by atoms with Crippen LogP contribution in [0.5, 0.6) is 0 Å². The first-order valence-electron chi connectivity index (χ1n) is 8.20. The largest absolute Gasteiger partial charge is 0.460 e. The van der Waals surface area contributed by atoms with E-state index in [2.05, 4.69) is 0 Å². The molecule has 0 aliphatic carbocycles. The summed E-state index contributed by atoms with van der Waals surface area (Å²) in [6.45, 7) is 5.28. The molecule has 1 atom stereocenters. The van der Waals surface area contributed by atoms with Crippen molar-refractivity contribution in [1.82, 2.24) is 5.23 Å². The summed E-state index contributed by atoms with van der Waals surface area (Å²) in [4.78, 5) is 23.3. The van der Waals surface area contributed by atoms with Crippen molar-refractivity contribution >= 4 is 29.9 Å². The Hall–Kier alpha value is -2.03. The van der Waals surface area contributed by atoms with Crippen LogP contribution in [0, 0.1) is 0 Å². The summed E-state index contributed by atoms with van der Waals surface area (Å²) in [6, 6.07) is 7.86. The van der Waals surface area contributed by atoms with Crippen molar-refractivity contribution in [3.63, 3.8) is 0 Å². The van der Waals surface area contributed by atoms with Crippen molar-refractivity contribution in [2.24, 2.45) is 0 Å². The monoisotopic (exact) mass is 381 g/mol. The van der Waals surface area contributed by atoms with Crippen LogP contribution in [0.3, 0.4) is 0 Å². The number of benzene rings is 1. The molecule has 2 radical (unpaired) electrons. The predicted octanol–water partition coefficient (Wildman–Crippen LogP) is 2.15. The maximum atomic E-state index is 12.5. The van der Waals surface area contributed by atoms with E-state index in [1.54, 1.807) is 44.2 Å². The van der Waals surface area contributed by atoms with E-state index in [4.69, 9.17) is 17.5 Å². The van der Waals surface area contributed by atoms with E-state index in [9.17, 15) is 18.0 Å². The maximum absolute atomic E-state index is 12.5. The van der Waals surface area contributed by atoms with E-state index in [-0.39, 0.29) is 17.7 Å². The second-order valence-corrected chi connectivity index (χ2v) is 8.78. The lowest BCUT2D eigenvalue weighted by molar-refractivity contribution is -0.155. The van der Waals surface area contributed by atoms with Gasteiger partial charge in [-0.3, -0.25) is 4.79 Å². The molecule has 26 heavy (non-hydrogen) atoms. The molecule has 1 amide bonds.